The number of carboxylic acids is 1. The summed E-state index contributed by atoms with van der Waals surface area (Å²) in [5.41, 5.74) is 1.06. The van der Waals surface area contributed by atoms with Gasteiger partial charge < -0.3 is 15.5 Å². The van der Waals surface area contributed by atoms with Crippen LogP contribution < -0.4 is 5.32 Å². The van der Waals surface area contributed by atoms with E-state index in [-0.39, 0.29) is 5.56 Å². The zero-order valence-electron chi connectivity index (χ0n) is 7.90. The Morgan fingerprint density at radius 1 is 1.43 bits per heavy atom. The van der Waals surface area contributed by atoms with Crippen molar-refractivity contribution < 1.29 is 15.0 Å². The maximum absolute atomic E-state index is 10.5. The van der Waals surface area contributed by atoms with Crippen LogP contribution in [0.5, 0.6) is 0 Å². The van der Waals surface area contributed by atoms with E-state index in [2.05, 4.69) is 5.32 Å². The fourth-order valence-corrected chi connectivity index (χ4v) is 0.996. The Labute approximate surface area is 82.2 Å². The first-order valence-electron chi connectivity index (χ1n) is 4.35. The first kappa shape index (κ1) is 10.5. The Balaban J connectivity index is 2.60. The third-order valence-electron chi connectivity index (χ3n) is 1.73. The van der Waals surface area contributed by atoms with Crippen LogP contribution in [0.1, 0.15) is 17.3 Å². The Morgan fingerprint density at radius 2 is 2.00 bits per heavy atom. The van der Waals surface area contributed by atoms with E-state index in [1.165, 1.54) is 12.1 Å². The highest BCUT2D eigenvalue weighted by Crippen LogP contribution is 2.09. The number of carboxylic acid groups (broad SMARTS) is 1. The van der Waals surface area contributed by atoms with Crippen LogP contribution in [0.3, 0.4) is 0 Å². The Morgan fingerprint density at radius 3 is 2.43 bits per heavy atom. The summed E-state index contributed by atoms with van der Waals surface area (Å²) in [7, 11) is 0. The van der Waals surface area contributed by atoms with Crippen LogP contribution in [0, 0.1) is 0 Å². The number of aliphatic hydroxyl groups is 1. The molecule has 0 fully saturated rings. The van der Waals surface area contributed by atoms with Gasteiger partial charge in [0, 0.05) is 12.2 Å². The number of carbonyl (C=O) groups is 1. The van der Waals surface area contributed by atoms with E-state index in [0.717, 1.165) is 5.69 Å². The summed E-state index contributed by atoms with van der Waals surface area (Å²) >= 11 is 0. The molecule has 1 unspecified atom stereocenters. The molecule has 1 aromatic rings. The van der Waals surface area contributed by atoms with Crippen molar-refractivity contribution in [1.82, 2.24) is 0 Å². The second-order valence-electron chi connectivity index (χ2n) is 3.11. The summed E-state index contributed by atoms with van der Waals surface area (Å²) < 4.78 is 0. The number of aromatic carboxylic acids is 1. The van der Waals surface area contributed by atoms with Crippen molar-refractivity contribution in [2.45, 2.75) is 13.0 Å². The first-order valence-corrected chi connectivity index (χ1v) is 4.35. The molecule has 14 heavy (non-hydrogen) atoms. The predicted octanol–water partition coefficient (Wildman–Crippen LogP) is 1.18. The number of rotatable bonds is 4. The molecular weight excluding hydrogens is 182 g/mol. The molecule has 4 nitrogen and oxygen atoms in total. The largest absolute Gasteiger partial charge is 0.478 e. The van der Waals surface area contributed by atoms with Gasteiger partial charge in [-0.2, -0.15) is 0 Å². The predicted molar refractivity (Wildman–Crippen MR) is 53.6 cm³/mol. The van der Waals surface area contributed by atoms with Gasteiger partial charge in [0.15, 0.2) is 0 Å². The van der Waals surface area contributed by atoms with Crippen molar-refractivity contribution in [3.05, 3.63) is 29.8 Å². The monoisotopic (exact) mass is 195 g/mol. The van der Waals surface area contributed by atoms with Gasteiger partial charge in [-0.1, -0.05) is 0 Å². The van der Waals surface area contributed by atoms with Gasteiger partial charge in [-0.3, -0.25) is 0 Å². The lowest BCUT2D eigenvalue weighted by Gasteiger charge is -2.08. The fourth-order valence-electron chi connectivity index (χ4n) is 0.996. The number of anilines is 1. The van der Waals surface area contributed by atoms with Crippen LogP contribution >= 0.6 is 0 Å². The quantitative estimate of drug-likeness (QED) is 0.674. The third kappa shape index (κ3) is 3.06. The normalized spacial score (nSPS) is 12.1. The average Bonchev–Trinajstić information content (AvgIpc) is 2.15. The van der Waals surface area contributed by atoms with E-state index in [0.29, 0.717) is 6.54 Å². The van der Waals surface area contributed by atoms with Gasteiger partial charge in [0.25, 0.3) is 0 Å². The lowest BCUT2D eigenvalue weighted by Crippen LogP contribution is -2.15. The number of aliphatic hydroxyl groups excluding tert-OH is 1. The number of hydrogen-bond donors (Lipinski definition) is 3. The second kappa shape index (κ2) is 4.62. The highest BCUT2D eigenvalue weighted by Gasteiger charge is 2.01. The summed E-state index contributed by atoms with van der Waals surface area (Å²) in [5, 5.41) is 20.6. The summed E-state index contributed by atoms with van der Waals surface area (Å²) in [6.07, 6.45) is -0.422. The van der Waals surface area contributed by atoms with E-state index in [1.807, 2.05) is 0 Å². The van der Waals surface area contributed by atoms with Crippen molar-refractivity contribution >= 4 is 11.7 Å². The van der Waals surface area contributed by atoms with E-state index in [9.17, 15) is 4.79 Å². The Kier molecular flexibility index (Phi) is 3.48. The van der Waals surface area contributed by atoms with Gasteiger partial charge in [-0.05, 0) is 31.2 Å². The average molecular weight is 195 g/mol. The van der Waals surface area contributed by atoms with Crippen molar-refractivity contribution in [1.29, 1.82) is 0 Å². The lowest BCUT2D eigenvalue weighted by molar-refractivity contribution is 0.0697. The van der Waals surface area contributed by atoms with Crippen LogP contribution in [0.25, 0.3) is 0 Å². The zero-order chi connectivity index (χ0) is 10.6. The molecule has 0 radical (unpaired) electrons. The fraction of sp³-hybridized carbons (Fsp3) is 0.300. The summed E-state index contributed by atoms with van der Waals surface area (Å²) in [5.74, 6) is -0.938. The van der Waals surface area contributed by atoms with Gasteiger partial charge >= 0.3 is 5.97 Å². The molecule has 0 bridgehead atoms. The molecule has 0 amide bonds. The first-order chi connectivity index (χ1) is 6.59. The molecule has 76 valence electrons. The third-order valence-corrected chi connectivity index (χ3v) is 1.73. The molecule has 0 saturated carbocycles. The molecule has 4 heteroatoms. The van der Waals surface area contributed by atoms with Gasteiger partial charge in [-0.15, -0.1) is 0 Å². The van der Waals surface area contributed by atoms with Crippen molar-refractivity contribution in [3.8, 4) is 0 Å². The zero-order valence-corrected chi connectivity index (χ0v) is 7.90. The number of nitrogens with one attached hydrogen (secondary N) is 1. The molecule has 3 N–H and O–H groups in total. The van der Waals surface area contributed by atoms with Crippen LogP contribution in [0.15, 0.2) is 24.3 Å². The minimum absolute atomic E-state index is 0.257. The van der Waals surface area contributed by atoms with E-state index >= 15 is 0 Å². The summed E-state index contributed by atoms with van der Waals surface area (Å²) in [6, 6.07) is 6.39. The smallest absolute Gasteiger partial charge is 0.335 e. The second-order valence-corrected chi connectivity index (χ2v) is 3.11. The Hall–Kier alpha value is -1.55. The van der Waals surface area contributed by atoms with Crippen LogP contribution in [0.4, 0.5) is 5.69 Å². The van der Waals surface area contributed by atoms with E-state index < -0.39 is 12.1 Å². The van der Waals surface area contributed by atoms with Crippen molar-refractivity contribution in [2.24, 2.45) is 0 Å². The highest BCUT2D eigenvalue weighted by atomic mass is 16.4. The van der Waals surface area contributed by atoms with Crippen LogP contribution in [-0.4, -0.2) is 28.8 Å². The molecule has 0 heterocycles. The Bertz CT molecular complexity index is 306. The molecule has 1 atom stereocenters. The van der Waals surface area contributed by atoms with Crippen LogP contribution in [-0.2, 0) is 0 Å². The number of benzene rings is 1. The molecule has 0 aromatic heterocycles. The molecule has 1 rings (SSSR count). The molecule has 1 aromatic carbocycles. The molecule has 0 spiro atoms. The lowest BCUT2D eigenvalue weighted by atomic mass is 10.2. The SMILES string of the molecule is CC(O)CNc1ccc(C(=O)O)cc1. The standard InChI is InChI=1S/C10H13NO3/c1-7(12)6-11-9-4-2-8(3-5-9)10(13)14/h2-5,7,11-12H,6H2,1H3,(H,13,14). The van der Waals surface area contributed by atoms with Gasteiger partial charge in [0.1, 0.15) is 0 Å². The molecule has 0 aliphatic rings. The maximum atomic E-state index is 10.5. The minimum atomic E-state index is -0.938. The van der Waals surface area contributed by atoms with E-state index in [1.54, 1.807) is 19.1 Å². The maximum Gasteiger partial charge on any atom is 0.335 e. The van der Waals surface area contributed by atoms with Gasteiger partial charge in [0.2, 0.25) is 0 Å². The van der Waals surface area contributed by atoms with Gasteiger partial charge in [-0.25, -0.2) is 4.79 Å². The van der Waals surface area contributed by atoms with Crippen molar-refractivity contribution in [2.75, 3.05) is 11.9 Å². The topological polar surface area (TPSA) is 69.6 Å². The summed E-state index contributed by atoms with van der Waals surface area (Å²) in [4.78, 5) is 10.5. The molecule has 0 saturated heterocycles. The minimum Gasteiger partial charge on any atom is -0.478 e. The number of hydrogen-bond acceptors (Lipinski definition) is 3. The summed E-state index contributed by atoms with van der Waals surface area (Å²) in [6.45, 7) is 2.13. The van der Waals surface area contributed by atoms with E-state index in [4.69, 9.17) is 10.2 Å². The highest BCUT2D eigenvalue weighted by molar-refractivity contribution is 5.87. The molecular formula is C10H13NO3. The van der Waals surface area contributed by atoms with Gasteiger partial charge in [0.05, 0.1) is 11.7 Å². The molecule has 0 aliphatic heterocycles. The van der Waals surface area contributed by atoms with Crippen LogP contribution in [0.2, 0.25) is 0 Å². The van der Waals surface area contributed by atoms with Crippen molar-refractivity contribution in [3.63, 3.8) is 0 Å². The molecule has 0 aliphatic carbocycles.